The average molecular weight is 525 g/mol. The van der Waals surface area contributed by atoms with Crippen molar-refractivity contribution in [1.82, 2.24) is 4.57 Å². The van der Waals surface area contributed by atoms with Gasteiger partial charge < -0.3 is 25.1 Å². The molecular formula is C25H21BrN2O6. The van der Waals surface area contributed by atoms with Crippen molar-refractivity contribution in [1.29, 1.82) is 0 Å². The molecule has 0 atom stereocenters. The Labute approximate surface area is 203 Å². The maximum absolute atomic E-state index is 13.6. The van der Waals surface area contributed by atoms with Gasteiger partial charge in [0.25, 0.3) is 5.56 Å². The number of nitrogen functional groups attached to an aromatic ring is 1. The molecule has 9 heteroatoms. The Bertz CT molecular complexity index is 1450. The first-order valence-corrected chi connectivity index (χ1v) is 10.9. The molecule has 0 aliphatic heterocycles. The lowest BCUT2D eigenvalue weighted by Gasteiger charge is -2.20. The number of ether oxygens (including phenoxy) is 3. The zero-order valence-electron chi connectivity index (χ0n) is 18.6. The van der Waals surface area contributed by atoms with E-state index in [0.717, 1.165) is 0 Å². The van der Waals surface area contributed by atoms with Gasteiger partial charge in [-0.2, -0.15) is 0 Å². The molecule has 0 amide bonds. The molecule has 1 aromatic heterocycles. The summed E-state index contributed by atoms with van der Waals surface area (Å²) in [5.41, 5.74) is 7.18. The summed E-state index contributed by atoms with van der Waals surface area (Å²) in [7, 11) is 4.26. The van der Waals surface area contributed by atoms with Crippen molar-refractivity contribution in [2.45, 2.75) is 0 Å². The number of hydrogen-bond acceptors (Lipinski definition) is 7. The first-order chi connectivity index (χ1) is 16.3. The van der Waals surface area contributed by atoms with E-state index in [0.29, 0.717) is 43.9 Å². The van der Waals surface area contributed by atoms with E-state index >= 15 is 0 Å². The number of nitrogens with zero attached hydrogens (tertiary/aromatic N) is 1. The molecule has 1 heterocycles. The van der Waals surface area contributed by atoms with Crippen LogP contribution in [0.5, 0.6) is 17.2 Å². The van der Waals surface area contributed by atoms with Gasteiger partial charge in [-0.3, -0.25) is 9.36 Å². The van der Waals surface area contributed by atoms with Crippen LogP contribution in [-0.2, 0) is 4.74 Å². The molecule has 0 radical (unpaired) electrons. The minimum absolute atomic E-state index is 0.00175. The number of hydrogen-bond donors (Lipinski definition) is 2. The minimum atomic E-state index is -0.722. The van der Waals surface area contributed by atoms with Crippen molar-refractivity contribution in [2.75, 3.05) is 27.1 Å². The van der Waals surface area contributed by atoms with Crippen molar-refractivity contribution in [3.63, 3.8) is 0 Å². The van der Waals surface area contributed by atoms with Gasteiger partial charge in [0.15, 0.2) is 0 Å². The molecule has 0 spiro atoms. The molecule has 3 aromatic carbocycles. The summed E-state index contributed by atoms with van der Waals surface area (Å²) in [6.07, 6.45) is 0. The van der Waals surface area contributed by atoms with Crippen LogP contribution in [0.2, 0.25) is 0 Å². The number of esters is 1. The third-order valence-corrected chi connectivity index (χ3v) is 6.21. The molecule has 0 unspecified atom stereocenters. The van der Waals surface area contributed by atoms with Gasteiger partial charge in [0, 0.05) is 16.9 Å². The number of aromatic hydroxyl groups is 1. The van der Waals surface area contributed by atoms with E-state index in [1.807, 2.05) is 0 Å². The van der Waals surface area contributed by atoms with Gasteiger partial charge in [0.2, 0.25) is 0 Å². The van der Waals surface area contributed by atoms with E-state index in [-0.39, 0.29) is 16.8 Å². The quantitative estimate of drug-likeness (QED) is 0.291. The Kier molecular flexibility index (Phi) is 6.21. The molecule has 34 heavy (non-hydrogen) atoms. The lowest BCUT2D eigenvalue weighted by molar-refractivity contribution is 0.0591. The van der Waals surface area contributed by atoms with E-state index in [1.165, 1.54) is 38.0 Å². The van der Waals surface area contributed by atoms with Crippen molar-refractivity contribution < 1.29 is 24.1 Å². The third kappa shape index (κ3) is 3.84. The zero-order valence-corrected chi connectivity index (χ0v) is 20.2. The predicted molar refractivity (Wildman–Crippen MR) is 133 cm³/mol. The molecule has 174 valence electrons. The topological polar surface area (TPSA) is 113 Å². The number of fused-ring (bicyclic) bond motifs is 1. The number of aromatic nitrogens is 1. The number of nitrogens with two attached hydrogens (primary N) is 1. The van der Waals surface area contributed by atoms with Crippen molar-refractivity contribution >= 4 is 38.4 Å². The fourth-order valence-corrected chi connectivity index (χ4v) is 4.41. The highest BCUT2D eigenvalue weighted by atomic mass is 79.9. The van der Waals surface area contributed by atoms with Gasteiger partial charge in [0.1, 0.15) is 27.4 Å². The van der Waals surface area contributed by atoms with Crippen LogP contribution in [0.1, 0.15) is 10.5 Å². The molecule has 4 rings (SSSR count). The van der Waals surface area contributed by atoms with Crippen LogP contribution in [0.15, 0.2) is 63.9 Å². The summed E-state index contributed by atoms with van der Waals surface area (Å²) in [6, 6.07) is 14.4. The summed E-state index contributed by atoms with van der Waals surface area (Å²) in [5, 5.41) is 10.8. The Morgan fingerprint density at radius 3 is 2.12 bits per heavy atom. The van der Waals surface area contributed by atoms with Crippen LogP contribution in [-0.4, -0.2) is 37.0 Å². The molecule has 3 N–H and O–H groups in total. The smallest absolute Gasteiger partial charge is 0.355 e. The highest BCUT2D eigenvalue weighted by Gasteiger charge is 2.26. The first-order valence-electron chi connectivity index (χ1n) is 10.1. The maximum atomic E-state index is 13.6. The normalized spacial score (nSPS) is 10.8. The second-order valence-electron chi connectivity index (χ2n) is 7.37. The Morgan fingerprint density at radius 2 is 1.56 bits per heavy atom. The molecular weight excluding hydrogens is 504 g/mol. The van der Waals surface area contributed by atoms with Gasteiger partial charge in [-0.25, -0.2) is 4.79 Å². The monoisotopic (exact) mass is 524 g/mol. The Hall–Kier alpha value is -3.98. The molecule has 0 saturated carbocycles. The third-order valence-electron chi connectivity index (χ3n) is 5.43. The van der Waals surface area contributed by atoms with Crippen LogP contribution in [0.25, 0.3) is 27.6 Å². The lowest BCUT2D eigenvalue weighted by Crippen LogP contribution is -2.26. The van der Waals surface area contributed by atoms with Crippen molar-refractivity contribution in [2.24, 2.45) is 0 Å². The summed E-state index contributed by atoms with van der Waals surface area (Å²) < 4.78 is 17.9. The maximum Gasteiger partial charge on any atom is 0.355 e. The molecule has 0 saturated heterocycles. The SMILES string of the molecule is COC(=O)c1c(-c2cc(OC)c(Br)c(OC)c2)c2ccc(O)cc2c(=O)n1-c1ccc(N)cc1. The van der Waals surface area contributed by atoms with Crippen LogP contribution in [0.3, 0.4) is 0 Å². The highest BCUT2D eigenvalue weighted by Crippen LogP contribution is 2.42. The number of carbonyl (C=O) groups excluding carboxylic acids is 1. The fourth-order valence-electron chi connectivity index (χ4n) is 3.85. The number of pyridine rings is 1. The predicted octanol–water partition coefficient (Wildman–Crippen LogP) is 4.51. The van der Waals surface area contributed by atoms with E-state index in [2.05, 4.69) is 15.9 Å². The number of phenols is 1. The van der Waals surface area contributed by atoms with Crippen LogP contribution in [0, 0.1) is 0 Å². The van der Waals surface area contributed by atoms with E-state index in [4.69, 9.17) is 19.9 Å². The number of carbonyl (C=O) groups is 1. The van der Waals surface area contributed by atoms with Crippen molar-refractivity contribution in [3.8, 4) is 34.1 Å². The minimum Gasteiger partial charge on any atom is -0.508 e. The number of halogens is 1. The number of phenolic OH excluding ortho intramolecular Hbond substituents is 1. The molecule has 8 nitrogen and oxygen atoms in total. The summed E-state index contributed by atoms with van der Waals surface area (Å²) in [6.45, 7) is 0. The van der Waals surface area contributed by atoms with Gasteiger partial charge in [-0.15, -0.1) is 0 Å². The molecule has 0 fully saturated rings. The van der Waals surface area contributed by atoms with Crippen LogP contribution >= 0.6 is 15.9 Å². The van der Waals surface area contributed by atoms with Gasteiger partial charge >= 0.3 is 5.97 Å². The Balaban J connectivity index is 2.26. The molecule has 0 aliphatic carbocycles. The summed E-state index contributed by atoms with van der Waals surface area (Å²) in [5.74, 6) is 0.112. The summed E-state index contributed by atoms with van der Waals surface area (Å²) >= 11 is 3.46. The van der Waals surface area contributed by atoms with E-state index in [9.17, 15) is 14.7 Å². The fraction of sp³-hybridized carbons (Fsp3) is 0.120. The number of anilines is 1. The van der Waals surface area contributed by atoms with Gasteiger partial charge in [-0.05, 0) is 81.5 Å². The van der Waals surface area contributed by atoms with E-state index in [1.54, 1.807) is 42.5 Å². The first kappa shape index (κ1) is 23.2. The standard InChI is InChI=1S/C25H21BrN2O6/c1-32-19-10-13(11-20(33-2)22(19)26)21-17-9-8-16(29)12-18(17)24(30)28(23(21)25(31)34-3)15-6-4-14(27)5-7-15/h4-12,29H,27H2,1-3H3. The van der Waals surface area contributed by atoms with Crippen molar-refractivity contribution in [3.05, 3.63) is 75.1 Å². The van der Waals surface area contributed by atoms with E-state index < -0.39 is 11.5 Å². The Morgan fingerprint density at radius 1 is 0.941 bits per heavy atom. The highest BCUT2D eigenvalue weighted by molar-refractivity contribution is 9.10. The average Bonchev–Trinajstić information content (AvgIpc) is 2.84. The van der Waals surface area contributed by atoms with Crippen LogP contribution < -0.4 is 20.8 Å². The van der Waals surface area contributed by atoms with Crippen LogP contribution in [0.4, 0.5) is 5.69 Å². The van der Waals surface area contributed by atoms with Gasteiger partial charge in [-0.1, -0.05) is 0 Å². The largest absolute Gasteiger partial charge is 0.508 e. The second-order valence-corrected chi connectivity index (χ2v) is 8.16. The summed E-state index contributed by atoms with van der Waals surface area (Å²) in [4.78, 5) is 26.8. The number of rotatable bonds is 5. The molecule has 0 aliphatic rings. The molecule has 4 aromatic rings. The zero-order chi connectivity index (χ0) is 24.6. The lowest BCUT2D eigenvalue weighted by atomic mass is 9.95. The number of methoxy groups -OCH3 is 3. The second kappa shape index (κ2) is 9.11. The molecule has 0 bridgehead atoms. The van der Waals surface area contributed by atoms with Gasteiger partial charge in [0.05, 0.1) is 26.7 Å². The number of benzene rings is 3.